The molecule has 96 valence electrons. The lowest BCUT2D eigenvalue weighted by atomic mass is 9.77. The Bertz CT molecular complexity index is 374. The van der Waals surface area contributed by atoms with Gasteiger partial charge in [0.15, 0.2) is 0 Å². The molecule has 0 aromatic heterocycles. The smallest absolute Gasteiger partial charge is 0.324 e. The van der Waals surface area contributed by atoms with Crippen LogP contribution in [-0.2, 0) is 6.18 Å². The number of nitrogens with two attached hydrogens (primary N) is 1. The quantitative estimate of drug-likeness (QED) is 0.862. The fraction of sp³-hybridized carbons (Fsp3) is 0.500. The molecule has 0 unspecified atom stereocenters. The van der Waals surface area contributed by atoms with Gasteiger partial charge in [-0.2, -0.15) is 13.2 Å². The van der Waals surface area contributed by atoms with E-state index in [4.69, 9.17) is 5.73 Å². The molecule has 5 heteroatoms. The summed E-state index contributed by atoms with van der Waals surface area (Å²) in [6.07, 6.45) is -1.10. The van der Waals surface area contributed by atoms with Crippen LogP contribution < -0.4 is 5.73 Å². The van der Waals surface area contributed by atoms with E-state index in [1.807, 2.05) is 0 Å². The van der Waals surface area contributed by atoms with Gasteiger partial charge in [-0.25, -0.2) is 0 Å². The van der Waals surface area contributed by atoms with Gasteiger partial charge >= 0.3 is 6.18 Å². The SMILES string of the molecule is Cl.N[C@H](c1cccc(C(F)(F)F)c1)C1CCC1. The lowest BCUT2D eigenvalue weighted by Crippen LogP contribution is -2.27. The van der Waals surface area contributed by atoms with Crippen LogP contribution >= 0.6 is 12.4 Å². The summed E-state index contributed by atoms with van der Waals surface area (Å²) in [5, 5.41) is 0. The van der Waals surface area contributed by atoms with Crippen LogP contribution in [0, 0.1) is 5.92 Å². The van der Waals surface area contributed by atoms with Crippen molar-refractivity contribution in [3.05, 3.63) is 35.4 Å². The van der Waals surface area contributed by atoms with Crippen molar-refractivity contribution in [2.75, 3.05) is 0 Å². The summed E-state index contributed by atoms with van der Waals surface area (Å²) in [6.45, 7) is 0. The van der Waals surface area contributed by atoms with Gasteiger partial charge in [0.1, 0.15) is 0 Å². The number of rotatable bonds is 2. The lowest BCUT2D eigenvalue weighted by molar-refractivity contribution is -0.137. The largest absolute Gasteiger partial charge is 0.416 e. The molecule has 0 saturated heterocycles. The highest BCUT2D eigenvalue weighted by Gasteiger charge is 2.32. The Morgan fingerprint density at radius 1 is 1.24 bits per heavy atom. The summed E-state index contributed by atoms with van der Waals surface area (Å²) in [4.78, 5) is 0. The molecule has 0 spiro atoms. The van der Waals surface area contributed by atoms with Gasteiger partial charge in [-0.1, -0.05) is 18.6 Å². The summed E-state index contributed by atoms with van der Waals surface area (Å²) >= 11 is 0. The maximum absolute atomic E-state index is 12.5. The Labute approximate surface area is 105 Å². The Balaban J connectivity index is 0.00000144. The van der Waals surface area contributed by atoms with Gasteiger partial charge in [-0.15, -0.1) is 12.4 Å². The molecule has 0 aliphatic heterocycles. The van der Waals surface area contributed by atoms with Crippen molar-refractivity contribution in [2.24, 2.45) is 11.7 Å². The standard InChI is InChI=1S/C12H14F3N.ClH/c13-12(14,15)10-6-2-5-9(7-10)11(16)8-3-1-4-8;/h2,5-8,11H,1,3-4,16H2;1H/t11-;/m0./s1. The second-order valence-corrected chi connectivity index (χ2v) is 4.34. The molecule has 0 amide bonds. The minimum Gasteiger partial charge on any atom is -0.324 e. The van der Waals surface area contributed by atoms with Gasteiger partial charge in [-0.05, 0) is 36.5 Å². The molecule has 1 fully saturated rings. The van der Waals surface area contributed by atoms with Crippen LogP contribution in [0.1, 0.15) is 36.4 Å². The molecule has 0 bridgehead atoms. The maximum Gasteiger partial charge on any atom is 0.416 e. The molecular formula is C12H15ClF3N. The van der Waals surface area contributed by atoms with E-state index in [1.54, 1.807) is 6.07 Å². The van der Waals surface area contributed by atoms with E-state index < -0.39 is 11.7 Å². The number of halogens is 4. The molecule has 1 aliphatic carbocycles. The van der Waals surface area contributed by atoms with Crippen molar-refractivity contribution < 1.29 is 13.2 Å². The highest BCUT2D eigenvalue weighted by Crippen LogP contribution is 2.37. The Morgan fingerprint density at radius 3 is 2.35 bits per heavy atom. The van der Waals surface area contributed by atoms with Crippen LogP contribution in [0.2, 0.25) is 0 Å². The van der Waals surface area contributed by atoms with Crippen molar-refractivity contribution in [1.29, 1.82) is 0 Å². The topological polar surface area (TPSA) is 26.0 Å². The zero-order valence-corrected chi connectivity index (χ0v) is 10.0. The van der Waals surface area contributed by atoms with Crippen molar-refractivity contribution >= 4 is 12.4 Å². The van der Waals surface area contributed by atoms with E-state index in [0.717, 1.165) is 25.3 Å². The zero-order chi connectivity index (χ0) is 11.8. The Hall–Kier alpha value is -0.740. The molecule has 2 N–H and O–H groups in total. The van der Waals surface area contributed by atoms with Gasteiger partial charge in [0, 0.05) is 6.04 Å². The molecule has 1 saturated carbocycles. The molecule has 1 atom stereocenters. The van der Waals surface area contributed by atoms with Gasteiger partial charge in [0.25, 0.3) is 0 Å². The predicted octanol–water partition coefficient (Wildman–Crippen LogP) is 3.93. The van der Waals surface area contributed by atoms with Crippen LogP contribution in [-0.4, -0.2) is 0 Å². The average Bonchev–Trinajstić information content (AvgIpc) is 2.14. The first kappa shape index (κ1) is 14.3. The summed E-state index contributed by atoms with van der Waals surface area (Å²) in [5.74, 6) is 0.350. The zero-order valence-electron chi connectivity index (χ0n) is 9.20. The minimum absolute atomic E-state index is 0. The Morgan fingerprint density at radius 2 is 1.88 bits per heavy atom. The first-order chi connectivity index (χ1) is 7.48. The van der Waals surface area contributed by atoms with Crippen LogP contribution in [0.15, 0.2) is 24.3 Å². The fourth-order valence-corrected chi connectivity index (χ4v) is 1.99. The molecule has 2 rings (SSSR count). The van der Waals surface area contributed by atoms with Gasteiger partial charge in [0.05, 0.1) is 5.56 Å². The van der Waals surface area contributed by atoms with Crippen LogP contribution in [0.25, 0.3) is 0 Å². The van der Waals surface area contributed by atoms with Gasteiger partial charge in [0.2, 0.25) is 0 Å². The van der Waals surface area contributed by atoms with Crippen LogP contribution in [0.4, 0.5) is 13.2 Å². The number of hydrogen-bond acceptors (Lipinski definition) is 1. The highest BCUT2D eigenvalue weighted by molar-refractivity contribution is 5.85. The molecule has 17 heavy (non-hydrogen) atoms. The van der Waals surface area contributed by atoms with Crippen LogP contribution in [0.3, 0.4) is 0 Å². The number of alkyl halides is 3. The third-order valence-corrected chi connectivity index (χ3v) is 3.26. The average molecular weight is 266 g/mol. The van der Waals surface area contributed by atoms with Crippen LogP contribution in [0.5, 0.6) is 0 Å². The minimum atomic E-state index is -4.28. The maximum atomic E-state index is 12.5. The van der Waals surface area contributed by atoms with E-state index in [9.17, 15) is 13.2 Å². The summed E-state index contributed by atoms with van der Waals surface area (Å²) in [5.41, 5.74) is 5.93. The van der Waals surface area contributed by atoms with Crippen molar-refractivity contribution in [3.8, 4) is 0 Å². The van der Waals surface area contributed by atoms with Gasteiger partial charge < -0.3 is 5.73 Å². The summed E-state index contributed by atoms with van der Waals surface area (Å²) in [7, 11) is 0. The van der Waals surface area contributed by atoms with E-state index in [1.165, 1.54) is 12.1 Å². The second kappa shape index (κ2) is 5.27. The molecule has 1 aromatic carbocycles. The van der Waals surface area contributed by atoms with Crippen molar-refractivity contribution in [1.82, 2.24) is 0 Å². The van der Waals surface area contributed by atoms with E-state index in [2.05, 4.69) is 0 Å². The molecule has 0 heterocycles. The third-order valence-electron chi connectivity index (χ3n) is 3.26. The molecule has 1 aliphatic rings. The monoisotopic (exact) mass is 265 g/mol. The number of benzene rings is 1. The van der Waals surface area contributed by atoms with Crippen molar-refractivity contribution in [2.45, 2.75) is 31.5 Å². The third kappa shape index (κ3) is 3.13. The van der Waals surface area contributed by atoms with E-state index in [-0.39, 0.29) is 18.4 Å². The van der Waals surface area contributed by atoms with Crippen molar-refractivity contribution in [3.63, 3.8) is 0 Å². The lowest BCUT2D eigenvalue weighted by Gasteiger charge is -2.31. The normalized spacial score (nSPS) is 18.1. The Kier molecular flexibility index (Phi) is 4.44. The molecular weight excluding hydrogens is 251 g/mol. The first-order valence-corrected chi connectivity index (χ1v) is 5.41. The molecule has 1 aromatic rings. The summed E-state index contributed by atoms with van der Waals surface area (Å²) in [6, 6.07) is 5.10. The summed E-state index contributed by atoms with van der Waals surface area (Å²) < 4.78 is 37.5. The number of hydrogen-bond donors (Lipinski definition) is 1. The second-order valence-electron chi connectivity index (χ2n) is 4.34. The molecule has 0 radical (unpaired) electrons. The highest BCUT2D eigenvalue weighted by atomic mass is 35.5. The fourth-order valence-electron chi connectivity index (χ4n) is 1.99. The molecule has 1 nitrogen and oxygen atoms in total. The van der Waals surface area contributed by atoms with Gasteiger partial charge in [-0.3, -0.25) is 0 Å². The van der Waals surface area contributed by atoms with E-state index >= 15 is 0 Å². The first-order valence-electron chi connectivity index (χ1n) is 5.41. The van der Waals surface area contributed by atoms with E-state index in [0.29, 0.717) is 11.5 Å². The predicted molar refractivity (Wildman–Crippen MR) is 63.0 cm³/mol.